The first-order valence-corrected chi connectivity index (χ1v) is 4.41. The molecule has 0 radical (unpaired) electrons. The summed E-state index contributed by atoms with van der Waals surface area (Å²) in [5.41, 5.74) is 0. The van der Waals surface area contributed by atoms with Crippen molar-refractivity contribution in [1.29, 1.82) is 0 Å². The number of piperazine rings is 1. The van der Waals surface area contributed by atoms with E-state index < -0.39 is 5.97 Å². The number of aliphatic carboxylic acids is 1. The number of hydrogen-bond acceptors (Lipinski definition) is 3. The van der Waals surface area contributed by atoms with Crippen LogP contribution in [0.2, 0.25) is 0 Å². The molecule has 0 saturated carbocycles. The third kappa shape index (κ3) is 2.28. The summed E-state index contributed by atoms with van der Waals surface area (Å²) in [6.07, 6.45) is 0. The molecule has 1 saturated heterocycles. The van der Waals surface area contributed by atoms with Crippen LogP contribution in [-0.4, -0.2) is 51.8 Å². The summed E-state index contributed by atoms with van der Waals surface area (Å²) in [4.78, 5) is 12.5. The molecule has 1 aliphatic heterocycles. The van der Waals surface area contributed by atoms with Gasteiger partial charge in [-0.15, -0.1) is 0 Å². The van der Waals surface area contributed by atoms with Crippen molar-refractivity contribution in [2.24, 2.45) is 0 Å². The molecule has 1 rings (SSSR count). The predicted octanol–water partition coefficient (Wildman–Crippen LogP) is 0.0370. The van der Waals surface area contributed by atoms with E-state index in [1.807, 2.05) is 15.1 Å². The highest BCUT2D eigenvalue weighted by Gasteiger charge is 2.28. The first-order valence-electron chi connectivity index (χ1n) is 3.45. The van der Waals surface area contributed by atoms with Crippen molar-refractivity contribution >= 4 is 28.8 Å². The molecule has 0 aromatic rings. The van der Waals surface area contributed by atoms with Gasteiger partial charge in [-0.25, -0.2) is 3.11 Å². The highest BCUT2D eigenvalue weighted by molar-refractivity contribution is 14.1. The number of likely N-dealkylation sites (N-methyl/N-ethyl adjacent to an activating group) is 1. The van der Waals surface area contributed by atoms with Crippen molar-refractivity contribution in [2.45, 2.75) is 6.04 Å². The van der Waals surface area contributed by atoms with Crippen LogP contribution >= 0.6 is 22.9 Å². The number of hydrogen-bond donors (Lipinski definition) is 1. The number of halogens is 1. The van der Waals surface area contributed by atoms with Crippen LogP contribution in [0.3, 0.4) is 0 Å². The van der Waals surface area contributed by atoms with Crippen LogP contribution in [-0.2, 0) is 4.79 Å². The molecule has 0 aromatic heterocycles. The molecule has 11 heavy (non-hydrogen) atoms. The zero-order chi connectivity index (χ0) is 8.43. The quantitative estimate of drug-likeness (QED) is 0.539. The van der Waals surface area contributed by atoms with Gasteiger partial charge in [-0.05, 0) is 7.05 Å². The fraction of sp³-hybridized carbons (Fsp3) is 0.833. The first kappa shape index (κ1) is 9.21. The Balaban J connectivity index is 2.54. The molecule has 0 aromatic carbocycles. The molecule has 5 heteroatoms. The molecule has 0 bridgehead atoms. The molecule has 0 aliphatic carbocycles. The summed E-state index contributed by atoms with van der Waals surface area (Å²) in [7, 11) is 1.85. The van der Waals surface area contributed by atoms with Crippen molar-refractivity contribution in [3.05, 3.63) is 0 Å². The van der Waals surface area contributed by atoms with Crippen LogP contribution in [0, 0.1) is 0 Å². The Hall–Kier alpha value is 0.120. The van der Waals surface area contributed by atoms with Crippen molar-refractivity contribution in [3.8, 4) is 0 Å². The second-order valence-electron chi connectivity index (χ2n) is 2.70. The van der Waals surface area contributed by atoms with Gasteiger partial charge in [0.25, 0.3) is 0 Å². The van der Waals surface area contributed by atoms with Crippen LogP contribution in [0.25, 0.3) is 0 Å². The monoisotopic (exact) mass is 270 g/mol. The van der Waals surface area contributed by atoms with Gasteiger partial charge in [-0.3, -0.25) is 9.69 Å². The largest absolute Gasteiger partial charge is 0.480 e. The lowest BCUT2D eigenvalue weighted by atomic mass is 10.2. The van der Waals surface area contributed by atoms with Gasteiger partial charge in [0.15, 0.2) is 0 Å². The van der Waals surface area contributed by atoms with Gasteiger partial charge < -0.3 is 5.11 Å². The van der Waals surface area contributed by atoms with Gasteiger partial charge in [0.2, 0.25) is 0 Å². The van der Waals surface area contributed by atoms with E-state index in [1.165, 1.54) is 0 Å². The molecule has 1 atom stereocenters. The lowest BCUT2D eigenvalue weighted by Crippen LogP contribution is -2.51. The second-order valence-corrected chi connectivity index (χ2v) is 4.07. The summed E-state index contributed by atoms with van der Waals surface area (Å²) in [6.45, 7) is 2.40. The zero-order valence-corrected chi connectivity index (χ0v) is 8.48. The highest BCUT2D eigenvalue weighted by atomic mass is 127. The van der Waals surface area contributed by atoms with E-state index in [0.717, 1.165) is 13.1 Å². The van der Waals surface area contributed by atoms with E-state index in [9.17, 15) is 4.79 Å². The molecule has 1 fully saturated rings. The molecule has 1 unspecified atom stereocenters. The average Bonchev–Trinajstić information content (AvgIpc) is 1.94. The topological polar surface area (TPSA) is 43.8 Å². The molecule has 0 spiro atoms. The van der Waals surface area contributed by atoms with Gasteiger partial charge in [0, 0.05) is 42.5 Å². The Morgan fingerprint density at radius 3 is 2.73 bits per heavy atom. The van der Waals surface area contributed by atoms with Crippen LogP contribution in [0.4, 0.5) is 0 Å². The molecule has 1 N–H and O–H groups in total. The number of carboxylic acids is 1. The molecule has 0 amide bonds. The van der Waals surface area contributed by atoms with E-state index in [0.29, 0.717) is 6.54 Å². The molecular weight excluding hydrogens is 259 g/mol. The Morgan fingerprint density at radius 2 is 2.27 bits per heavy atom. The number of carboxylic acid groups (broad SMARTS) is 1. The second kappa shape index (κ2) is 3.68. The van der Waals surface area contributed by atoms with Crippen molar-refractivity contribution in [1.82, 2.24) is 8.01 Å². The van der Waals surface area contributed by atoms with E-state index in [1.54, 1.807) is 0 Å². The summed E-state index contributed by atoms with van der Waals surface area (Å²) < 4.78 is 2.01. The Morgan fingerprint density at radius 1 is 1.64 bits per heavy atom. The SMILES string of the molecule is CN1CCN(I)CC1C(=O)O. The summed E-state index contributed by atoms with van der Waals surface area (Å²) in [5, 5.41) is 8.75. The van der Waals surface area contributed by atoms with Gasteiger partial charge in [0.1, 0.15) is 6.04 Å². The van der Waals surface area contributed by atoms with E-state index in [-0.39, 0.29) is 6.04 Å². The third-order valence-electron chi connectivity index (χ3n) is 1.88. The summed E-state index contributed by atoms with van der Waals surface area (Å²) in [6, 6.07) is -0.333. The van der Waals surface area contributed by atoms with E-state index in [2.05, 4.69) is 22.9 Å². The molecular formula is C6H11IN2O2. The van der Waals surface area contributed by atoms with Crippen LogP contribution in [0.15, 0.2) is 0 Å². The number of rotatable bonds is 1. The predicted molar refractivity (Wildman–Crippen MR) is 49.6 cm³/mol. The lowest BCUT2D eigenvalue weighted by Gasteiger charge is -2.33. The normalized spacial score (nSPS) is 28.7. The zero-order valence-electron chi connectivity index (χ0n) is 6.33. The van der Waals surface area contributed by atoms with Crippen molar-refractivity contribution in [3.63, 3.8) is 0 Å². The average molecular weight is 270 g/mol. The smallest absolute Gasteiger partial charge is 0.322 e. The van der Waals surface area contributed by atoms with Crippen LogP contribution in [0.1, 0.15) is 0 Å². The summed E-state index contributed by atoms with van der Waals surface area (Å²) >= 11 is 2.16. The standard InChI is InChI=1S/C6H11IN2O2/c1-8-2-3-9(7)4-5(8)6(10)11/h5H,2-4H2,1H3,(H,10,11). The number of nitrogens with zero attached hydrogens (tertiary/aromatic N) is 2. The van der Waals surface area contributed by atoms with Gasteiger partial charge in [0.05, 0.1) is 0 Å². The third-order valence-corrected chi connectivity index (χ3v) is 2.76. The Kier molecular flexibility index (Phi) is 3.08. The molecule has 1 aliphatic rings. The number of carbonyl (C=O) groups is 1. The highest BCUT2D eigenvalue weighted by Crippen LogP contribution is 2.11. The minimum Gasteiger partial charge on any atom is -0.480 e. The van der Waals surface area contributed by atoms with Crippen molar-refractivity contribution in [2.75, 3.05) is 26.7 Å². The van der Waals surface area contributed by atoms with Gasteiger partial charge in [-0.2, -0.15) is 0 Å². The maximum Gasteiger partial charge on any atom is 0.322 e. The molecule has 1 heterocycles. The van der Waals surface area contributed by atoms with Crippen LogP contribution < -0.4 is 0 Å². The maximum atomic E-state index is 10.6. The Labute approximate surface area is 79.7 Å². The van der Waals surface area contributed by atoms with E-state index >= 15 is 0 Å². The molecule has 4 nitrogen and oxygen atoms in total. The van der Waals surface area contributed by atoms with Gasteiger partial charge >= 0.3 is 5.97 Å². The maximum absolute atomic E-state index is 10.6. The van der Waals surface area contributed by atoms with Crippen molar-refractivity contribution < 1.29 is 9.90 Å². The van der Waals surface area contributed by atoms with Crippen LogP contribution in [0.5, 0.6) is 0 Å². The fourth-order valence-corrected chi connectivity index (χ4v) is 1.70. The lowest BCUT2D eigenvalue weighted by molar-refractivity contribution is -0.143. The minimum atomic E-state index is -0.728. The Bertz CT molecular complexity index is 165. The first-order chi connectivity index (χ1) is 5.11. The minimum absolute atomic E-state index is 0.333. The fourth-order valence-electron chi connectivity index (χ4n) is 1.11. The van der Waals surface area contributed by atoms with Gasteiger partial charge in [-0.1, -0.05) is 0 Å². The van der Waals surface area contributed by atoms with E-state index in [4.69, 9.17) is 5.11 Å². The molecule has 64 valence electrons. The summed E-state index contributed by atoms with van der Waals surface area (Å²) in [5.74, 6) is -0.728.